The SMILES string of the molecule is CC(=O)Nc1ccc2c(c1)NC(=O)CC/C=C/CC(NC(=O)c1c(F)cc(C)cc1F)c1nc-2c(Cl)[nH]1. The quantitative estimate of drug-likeness (QED) is 0.340. The number of allylic oxidation sites excluding steroid dienone is 1. The zero-order chi connectivity index (χ0) is 26.7. The molecule has 3 aromatic rings. The van der Waals surface area contributed by atoms with Crippen LogP contribution >= 0.6 is 11.6 Å². The van der Waals surface area contributed by atoms with Crippen molar-refractivity contribution in [3.63, 3.8) is 0 Å². The minimum absolute atomic E-state index is 0.130. The number of carbonyl (C=O) groups is 3. The highest BCUT2D eigenvalue weighted by atomic mass is 35.5. The molecule has 0 spiro atoms. The fourth-order valence-electron chi connectivity index (χ4n) is 4.01. The van der Waals surface area contributed by atoms with E-state index in [9.17, 15) is 23.2 Å². The van der Waals surface area contributed by atoms with Crippen molar-refractivity contribution in [3.8, 4) is 11.3 Å². The summed E-state index contributed by atoms with van der Waals surface area (Å²) in [5, 5.41) is 8.26. The van der Waals surface area contributed by atoms with Crippen molar-refractivity contribution in [2.75, 3.05) is 10.6 Å². The van der Waals surface area contributed by atoms with Crippen LogP contribution in [0.15, 0.2) is 42.5 Å². The fraction of sp³-hybridized carbons (Fsp3) is 0.231. The Balaban J connectivity index is 1.74. The first-order valence-corrected chi connectivity index (χ1v) is 11.9. The number of benzene rings is 2. The maximum absolute atomic E-state index is 14.4. The third-order valence-corrected chi connectivity index (χ3v) is 5.95. The van der Waals surface area contributed by atoms with E-state index in [-0.39, 0.29) is 41.3 Å². The Hall–Kier alpha value is -4.05. The van der Waals surface area contributed by atoms with E-state index in [1.807, 2.05) is 0 Å². The number of rotatable bonds is 3. The van der Waals surface area contributed by atoms with Crippen LogP contribution in [0.4, 0.5) is 20.2 Å². The maximum atomic E-state index is 14.4. The van der Waals surface area contributed by atoms with Gasteiger partial charge < -0.3 is 20.9 Å². The average Bonchev–Trinajstić information content (AvgIpc) is 3.18. The van der Waals surface area contributed by atoms with Crippen molar-refractivity contribution in [3.05, 3.63) is 76.2 Å². The number of aryl methyl sites for hydroxylation is 1. The molecule has 37 heavy (non-hydrogen) atoms. The second-order valence-corrected chi connectivity index (χ2v) is 9.03. The standard InChI is InChI=1S/C26H24ClF2N5O3/c1-13-10-17(28)22(18(29)11-13)26(37)32-19-6-4-3-5-7-21(36)31-20-12-15(30-14(2)35)8-9-16(20)23-24(27)34-25(19)33-23/h3-4,8-12,19H,5-7H2,1-2H3,(H,30,35)(H,31,36)(H,32,37)(H,33,34)/b4-3+. The predicted molar refractivity (Wildman–Crippen MR) is 136 cm³/mol. The van der Waals surface area contributed by atoms with Gasteiger partial charge in [-0.05, 0) is 55.7 Å². The Bertz CT molecular complexity index is 1400. The Morgan fingerprint density at radius 2 is 1.86 bits per heavy atom. The number of H-pyrrole nitrogens is 1. The number of nitrogens with zero attached hydrogens (tertiary/aromatic N) is 1. The van der Waals surface area contributed by atoms with Crippen molar-refractivity contribution in [1.29, 1.82) is 0 Å². The van der Waals surface area contributed by atoms with Gasteiger partial charge in [0, 0.05) is 24.6 Å². The topological polar surface area (TPSA) is 116 Å². The van der Waals surface area contributed by atoms with E-state index in [4.69, 9.17) is 11.6 Å². The molecule has 4 rings (SSSR count). The summed E-state index contributed by atoms with van der Waals surface area (Å²) in [6.07, 6.45) is 4.33. The van der Waals surface area contributed by atoms with Crippen LogP contribution in [0.25, 0.3) is 11.3 Å². The van der Waals surface area contributed by atoms with Crippen LogP contribution in [0, 0.1) is 18.6 Å². The predicted octanol–water partition coefficient (Wildman–Crippen LogP) is 5.42. The van der Waals surface area contributed by atoms with Crippen LogP contribution in [-0.2, 0) is 9.59 Å². The number of aromatic amines is 1. The summed E-state index contributed by atoms with van der Waals surface area (Å²) in [6, 6.07) is 6.24. The highest BCUT2D eigenvalue weighted by Gasteiger charge is 2.25. The largest absolute Gasteiger partial charge is 0.342 e. The third kappa shape index (κ3) is 6.03. The van der Waals surface area contributed by atoms with Crippen LogP contribution in [-0.4, -0.2) is 27.7 Å². The Labute approximate surface area is 216 Å². The molecule has 0 radical (unpaired) electrons. The van der Waals surface area contributed by atoms with Gasteiger partial charge in [-0.25, -0.2) is 13.8 Å². The number of fused-ring (bicyclic) bond motifs is 4. The average molecular weight is 528 g/mol. The van der Waals surface area contributed by atoms with Gasteiger partial charge in [-0.15, -0.1) is 0 Å². The molecule has 2 aromatic carbocycles. The molecule has 1 atom stereocenters. The van der Waals surface area contributed by atoms with Gasteiger partial charge in [0.2, 0.25) is 11.8 Å². The molecule has 0 saturated heterocycles. The number of amides is 3. The molecule has 3 amide bonds. The zero-order valence-corrected chi connectivity index (χ0v) is 20.8. The first kappa shape index (κ1) is 26.0. The molecule has 192 valence electrons. The Morgan fingerprint density at radius 3 is 2.57 bits per heavy atom. The third-order valence-electron chi connectivity index (χ3n) is 5.67. The summed E-state index contributed by atoms with van der Waals surface area (Å²) in [5.41, 5.74) is 1.27. The molecule has 0 aliphatic carbocycles. The minimum atomic E-state index is -0.971. The molecule has 11 heteroatoms. The molecule has 1 aromatic heterocycles. The highest BCUT2D eigenvalue weighted by Crippen LogP contribution is 2.35. The van der Waals surface area contributed by atoms with E-state index in [0.717, 1.165) is 12.1 Å². The van der Waals surface area contributed by atoms with Crippen LogP contribution in [0.2, 0.25) is 5.15 Å². The smallest absolute Gasteiger partial charge is 0.257 e. The Morgan fingerprint density at radius 1 is 1.14 bits per heavy atom. The van der Waals surface area contributed by atoms with Gasteiger partial charge in [-0.3, -0.25) is 14.4 Å². The molecule has 1 aliphatic rings. The first-order chi connectivity index (χ1) is 17.6. The van der Waals surface area contributed by atoms with Gasteiger partial charge in [0.1, 0.15) is 33.9 Å². The van der Waals surface area contributed by atoms with E-state index >= 15 is 0 Å². The second-order valence-electron chi connectivity index (χ2n) is 8.65. The number of halogens is 3. The Kier molecular flexibility index (Phi) is 7.68. The second kappa shape index (κ2) is 10.9. The number of aromatic nitrogens is 2. The number of carbonyl (C=O) groups excluding carboxylic acids is 3. The molecule has 1 unspecified atom stereocenters. The van der Waals surface area contributed by atoms with E-state index in [1.165, 1.54) is 13.8 Å². The summed E-state index contributed by atoms with van der Waals surface area (Å²) in [4.78, 5) is 44.4. The summed E-state index contributed by atoms with van der Waals surface area (Å²) in [6.45, 7) is 2.89. The van der Waals surface area contributed by atoms with Gasteiger partial charge in [-0.2, -0.15) is 0 Å². The molecule has 8 nitrogen and oxygen atoms in total. The van der Waals surface area contributed by atoms with Crippen molar-refractivity contribution in [2.45, 2.75) is 39.2 Å². The van der Waals surface area contributed by atoms with E-state index in [1.54, 1.807) is 30.4 Å². The lowest BCUT2D eigenvalue weighted by Gasteiger charge is -2.16. The number of imidazole rings is 1. The van der Waals surface area contributed by atoms with E-state index in [0.29, 0.717) is 28.9 Å². The molecular formula is C26H24ClF2N5O3. The number of hydrogen-bond donors (Lipinski definition) is 4. The lowest BCUT2D eigenvalue weighted by Crippen LogP contribution is -2.30. The summed E-state index contributed by atoms with van der Waals surface area (Å²) < 4.78 is 28.9. The van der Waals surface area contributed by atoms with Crippen molar-refractivity contribution >= 4 is 40.7 Å². The molecule has 0 saturated carbocycles. The van der Waals surface area contributed by atoms with Gasteiger partial charge in [0.25, 0.3) is 5.91 Å². The van der Waals surface area contributed by atoms with E-state index < -0.39 is 29.1 Å². The fourth-order valence-corrected chi connectivity index (χ4v) is 4.25. The summed E-state index contributed by atoms with van der Waals surface area (Å²) in [7, 11) is 0. The molecule has 4 N–H and O–H groups in total. The minimum Gasteiger partial charge on any atom is -0.342 e. The summed E-state index contributed by atoms with van der Waals surface area (Å²) >= 11 is 6.47. The van der Waals surface area contributed by atoms with Crippen molar-refractivity contribution in [2.24, 2.45) is 0 Å². The van der Waals surface area contributed by atoms with Gasteiger partial charge in [0.15, 0.2) is 0 Å². The summed E-state index contributed by atoms with van der Waals surface area (Å²) in [5.74, 6) is -3.16. The van der Waals surface area contributed by atoms with E-state index in [2.05, 4.69) is 25.9 Å². The van der Waals surface area contributed by atoms with Crippen LogP contribution in [0.1, 0.15) is 54.0 Å². The lowest BCUT2D eigenvalue weighted by molar-refractivity contribution is -0.116. The maximum Gasteiger partial charge on any atom is 0.257 e. The van der Waals surface area contributed by atoms with Crippen LogP contribution < -0.4 is 16.0 Å². The highest BCUT2D eigenvalue weighted by molar-refractivity contribution is 6.32. The number of anilines is 2. The van der Waals surface area contributed by atoms with Crippen LogP contribution in [0.3, 0.4) is 0 Å². The number of nitrogens with one attached hydrogen (secondary N) is 4. The normalized spacial score (nSPS) is 16.4. The molecule has 2 heterocycles. The molecular weight excluding hydrogens is 504 g/mol. The van der Waals surface area contributed by atoms with Crippen molar-refractivity contribution in [1.82, 2.24) is 15.3 Å². The first-order valence-electron chi connectivity index (χ1n) is 11.5. The monoisotopic (exact) mass is 527 g/mol. The molecule has 0 fully saturated rings. The number of hydrogen-bond acceptors (Lipinski definition) is 4. The van der Waals surface area contributed by atoms with Gasteiger partial charge in [0.05, 0.1) is 11.7 Å². The van der Waals surface area contributed by atoms with Gasteiger partial charge >= 0.3 is 0 Å². The molecule has 1 aliphatic heterocycles. The van der Waals surface area contributed by atoms with Crippen LogP contribution in [0.5, 0.6) is 0 Å². The van der Waals surface area contributed by atoms with Gasteiger partial charge in [-0.1, -0.05) is 23.8 Å². The zero-order valence-electron chi connectivity index (χ0n) is 20.0. The van der Waals surface area contributed by atoms with Crippen molar-refractivity contribution < 1.29 is 23.2 Å². The molecule has 2 bridgehead atoms. The lowest BCUT2D eigenvalue weighted by atomic mass is 10.1.